The Morgan fingerprint density at radius 3 is 1.41 bits per heavy atom. The van der Waals surface area contributed by atoms with Crippen molar-refractivity contribution in [3.05, 3.63) is 0 Å². The molecule has 0 aromatic heterocycles. The number of rotatable bonds is 28. The molecule has 2 aliphatic rings. The third-order valence-corrected chi connectivity index (χ3v) is 9.05. The molecule has 2 heterocycles. The average Bonchev–Trinajstić information content (AvgIpc) is 3.66. The summed E-state index contributed by atoms with van der Waals surface area (Å²) in [6.45, 7) is 4.73. The number of esters is 2. The lowest BCUT2D eigenvalue weighted by Crippen LogP contribution is -2.54. The van der Waals surface area contributed by atoms with Crippen molar-refractivity contribution in [1.29, 1.82) is 0 Å². The first-order chi connectivity index (χ1) is 21.6. The molecule has 2 rings (SSSR count). The summed E-state index contributed by atoms with van der Waals surface area (Å²) in [6, 6.07) is 0. The van der Waals surface area contributed by atoms with Gasteiger partial charge in [0.2, 0.25) is 5.79 Å². The maximum atomic E-state index is 12.8. The number of hydrogen-bond acceptors (Lipinski definition) is 8. The fourth-order valence-corrected chi connectivity index (χ4v) is 6.32. The van der Waals surface area contributed by atoms with Gasteiger partial charge < -0.3 is 28.8 Å². The molecule has 0 aromatic rings. The molecule has 0 amide bonds. The van der Waals surface area contributed by atoms with E-state index in [-0.39, 0.29) is 18.5 Å². The SMILES string of the molecule is CCCCCCCCCCCCCCCC(=O)O[C@H]1CO[C@H](C2(CO)OCCO2)[C@@H]1OC(=O)CCCCCCCCCCC. The van der Waals surface area contributed by atoms with Gasteiger partial charge in [0.25, 0.3) is 0 Å². The molecule has 0 unspecified atom stereocenters. The van der Waals surface area contributed by atoms with Crippen LogP contribution in [0.4, 0.5) is 0 Å². The van der Waals surface area contributed by atoms with E-state index in [0.717, 1.165) is 38.5 Å². The Labute approximate surface area is 268 Å². The summed E-state index contributed by atoms with van der Waals surface area (Å²) in [4.78, 5) is 25.6. The quantitative estimate of drug-likeness (QED) is 0.0683. The van der Waals surface area contributed by atoms with Crippen LogP contribution in [-0.2, 0) is 33.3 Å². The van der Waals surface area contributed by atoms with Crippen LogP contribution in [0.1, 0.15) is 168 Å². The van der Waals surface area contributed by atoms with Crippen LogP contribution in [0, 0.1) is 0 Å². The van der Waals surface area contributed by atoms with Gasteiger partial charge in [0, 0.05) is 12.8 Å². The Morgan fingerprint density at radius 1 is 0.614 bits per heavy atom. The molecule has 0 radical (unpaired) electrons. The number of hydrogen-bond donors (Lipinski definition) is 1. The Bertz CT molecular complexity index is 723. The highest BCUT2D eigenvalue weighted by atomic mass is 16.8. The van der Waals surface area contributed by atoms with Crippen LogP contribution in [0.5, 0.6) is 0 Å². The van der Waals surface area contributed by atoms with Crippen molar-refractivity contribution in [3.8, 4) is 0 Å². The first kappa shape index (κ1) is 39.0. The normalized spacial score (nSPS) is 21.1. The molecule has 2 fully saturated rings. The number of unbranched alkanes of at least 4 members (excludes halogenated alkanes) is 20. The van der Waals surface area contributed by atoms with Gasteiger partial charge in [-0.2, -0.15) is 0 Å². The lowest BCUT2D eigenvalue weighted by molar-refractivity contribution is -0.257. The molecule has 44 heavy (non-hydrogen) atoms. The third kappa shape index (κ3) is 15.9. The van der Waals surface area contributed by atoms with Gasteiger partial charge in [0.15, 0.2) is 18.3 Å². The first-order valence-electron chi connectivity index (χ1n) is 18.5. The van der Waals surface area contributed by atoms with E-state index in [1.807, 2.05) is 0 Å². The molecule has 0 saturated carbocycles. The van der Waals surface area contributed by atoms with Crippen LogP contribution >= 0.6 is 0 Å². The van der Waals surface area contributed by atoms with E-state index < -0.39 is 30.7 Å². The van der Waals surface area contributed by atoms with Gasteiger partial charge in [-0.1, -0.05) is 142 Å². The highest BCUT2D eigenvalue weighted by Crippen LogP contribution is 2.35. The fraction of sp³-hybridized carbons (Fsp3) is 0.944. The predicted octanol–water partition coefficient (Wildman–Crippen LogP) is 8.35. The summed E-state index contributed by atoms with van der Waals surface area (Å²) in [6.07, 6.45) is 24.8. The molecule has 258 valence electrons. The van der Waals surface area contributed by atoms with Crippen molar-refractivity contribution >= 4 is 11.9 Å². The maximum absolute atomic E-state index is 12.8. The molecule has 8 heteroatoms. The molecule has 2 saturated heterocycles. The van der Waals surface area contributed by atoms with Gasteiger partial charge in [-0.25, -0.2) is 0 Å². The minimum Gasteiger partial charge on any atom is -0.456 e. The molecule has 8 nitrogen and oxygen atoms in total. The first-order valence-corrected chi connectivity index (χ1v) is 18.5. The zero-order valence-electron chi connectivity index (χ0n) is 28.3. The van der Waals surface area contributed by atoms with Crippen molar-refractivity contribution in [3.63, 3.8) is 0 Å². The molecule has 0 bridgehead atoms. The molecule has 2 aliphatic heterocycles. The second-order valence-electron chi connectivity index (χ2n) is 13.0. The minimum absolute atomic E-state index is 0.0689. The molecule has 0 aliphatic carbocycles. The lowest BCUT2D eigenvalue weighted by Gasteiger charge is -2.34. The number of aliphatic hydroxyl groups excluding tert-OH is 1. The smallest absolute Gasteiger partial charge is 0.306 e. The van der Waals surface area contributed by atoms with Crippen LogP contribution in [0.25, 0.3) is 0 Å². The van der Waals surface area contributed by atoms with E-state index in [9.17, 15) is 14.7 Å². The molecule has 0 aromatic carbocycles. The van der Waals surface area contributed by atoms with Crippen LogP contribution in [0.2, 0.25) is 0 Å². The van der Waals surface area contributed by atoms with Gasteiger partial charge in [0.1, 0.15) is 6.61 Å². The van der Waals surface area contributed by atoms with Crippen molar-refractivity contribution in [1.82, 2.24) is 0 Å². The second-order valence-corrected chi connectivity index (χ2v) is 13.0. The van der Waals surface area contributed by atoms with Gasteiger partial charge in [-0.05, 0) is 12.8 Å². The van der Waals surface area contributed by atoms with Gasteiger partial charge in [-0.3, -0.25) is 9.59 Å². The number of aliphatic hydroxyl groups is 1. The van der Waals surface area contributed by atoms with Crippen molar-refractivity contribution in [2.24, 2.45) is 0 Å². The van der Waals surface area contributed by atoms with Gasteiger partial charge in [0.05, 0.1) is 19.8 Å². The molecular weight excluding hydrogens is 560 g/mol. The van der Waals surface area contributed by atoms with Crippen LogP contribution < -0.4 is 0 Å². The Balaban J connectivity index is 1.68. The fourth-order valence-electron chi connectivity index (χ4n) is 6.32. The summed E-state index contributed by atoms with van der Waals surface area (Å²) in [5, 5.41) is 10.1. The summed E-state index contributed by atoms with van der Waals surface area (Å²) >= 11 is 0. The number of carbonyl (C=O) groups is 2. The summed E-state index contributed by atoms with van der Waals surface area (Å²) < 4.78 is 29.0. The second kappa shape index (κ2) is 24.9. The van der Waals surface area contributed by atoms with Crippen LogP contribution in [-0.4, -0.2) is 67.6 Å². The van der Waals surface area contributed by atoms with E-state index in [1.165, 1.54) is 103 Å². The van der Waals surface area contributed by atoms with Crippen molar-refractivity contribution in [2.45, 2.75) is 192 Å². The van der Waals surface area contributed by atoms with E-state index >= 15 is 0 Å². The highest BCUT2D eigenvalue weighted by molar-refractivity contribution is 5.70. The number of carbonyl (C=O) groups excluding carboxylic acids is 2. The van der Waals surface area contributed by atoms with Crippen LogP contribution in [0.3, 0.4) is 0 Å². The Morgan fingerprint density at radius 2 is 1.00 bits per heavy atom. The standard InChI is InChI=1S/C36H66O8/c1-3-5-7-9-11-13-14-15-16-18-20-21-23-25-32(38)43-31-29-40-35(36(30-37)41-27-28-42-36)34(31)44-33(39)26-24-22-19-17-12-10-8-6-4-2/h31,34-35,37H,3-30H2,1-2H3/t31-,34+,35-/m0/s1. The monoisotopic (exact) mass is 626 g/mol. The maximum Gasteiger partial charge on any atom is 0.306 e. The summed E-state index contributed by atoms with van der Waals surface area (Å²) in [5.41, 5.74) is 0. The van der Waals surface area contributed by atoms with Crippen molar-refractivity contribution < 1.29 is 38.4 Å². The van der Waals surface area contributed by atoms with Gasteiger partial charge >= 0.3 is 11.9 Å². The minimum atomic E-state index is -1.42. The lowest BCUT2D eigenvalue weighted by atomic mass is 10.0. The molecule has 0 spiro atoms. The largest absolute Gasteiger partial charge is 0.456 e. The van der Waals surface area contributed by atoms with Gasteiger partial charge in [-0.15, -0.1) is 0 Å². The Hall–Kier alpha value is -1.22. The average molecular weight is 627 g/mol. The predicted molar refractivity (Wildman–Crippen MR) is 173 cm³/mol. The van der Waals surface area contributed by atoms with E-state index in [1.54, 1.807) is 0 Å². The highest BCUT2D eigenvalue weighted by Gasteiger charge is 2.57. The zero-order chi connectivity index (χ0) is 31.7. The summed E-state index contributed by atoms with van der Waals surface area (Å²) in [5.74, 6) is -2.08. The molecular formula is C36H66O8. The molecule has 3 atom stereocenters. The van der Waals surface area contributed by atoms with Crippen molar-refractivity contribution in [2.75, 3.05) is 26.4 Å². The van der Waals surface area contributed by atoms with Crippen LogP contribution in [0.15, 0.2) is 0 Å². The third-order valence-electron chi connectivity index (χ3n) is 9.05. The summed E-state index contributed by atoms with van der Waals surface area (Å²) in [7, 11) is 0. The van der Waals surface area contributed by atoms with E-state index in [0.29, 0.717) is 26.1 Å². The Kier molecular flexibility index (Phi) is 22.1. The number of ether oxygens (including phenoxy) is 5. The topological polar surface area (TPSA) is 101 Å². The van der Waals surface area contributed by atoms with E-state index in [2.05, 4.69) is 13.8 Å². The molecule has 1 N–H and O–H groups in total. The van der Waals surface area contributed by atoms with E-state index in [4.69, 9.17) is 23.7 Å². The zero-order valence-corrected chi connectivity index (χ0v) is 28.3.